The van der Waals surface area contributed by atoms with E-state index >= 15 is 0 Å². The zero-order valence-corrected chi connectivity index (χ0v) is 17.7. The van der Waals surface area contributed by atoms with Crippen LogP contribution in [-0.2, 0) is 11.2 Å². The predicted octanol–water partition coefficient (Wildman–Crippen LogP) is 7.51. The summed E-state index contributed by atoms with van der Waals surface area (Å²) in [4.78, 5) is 0. The van der Waals surface area contributed by atoms with Gasteiger partial charge in [-0.15, -0.1) is 0 Å². The van der Waals surface area contributed by atoms with Gasteiger partial charge in [-0.2, -0.15) is 0 Å². The summed E-state index contributed by atoms with van der Waals surface area (Å²) in [6.45, 7) is 7.28. The number of aryl methyl sites for hydroxylation is 1. The molecule has 0 saturated heterocycles. The lowest BCUT2D eigenvalue weighted by Gasteiger charge is -2.10. The molecule has 5 heteroatoms. The van der Waals surface area contributed by atoms with Crippen molar-refractivity contribution >= 4 is 0 Å². The first-order chi connectivity index (χ1) is 15.3. The van der Waals surface area contributed by atoms with Gasteiger partial charge in [-0.3, -0.25) is 0 Å². The number of hydrogen-bond donors (Lipinski definition) is 1. The molecule has 0 aliphatic rings. The molecule has 3 rings (SSSR count). The van der Waals surface area contributed by atoms with Crippen LogP contribution < -0.4 is 0 Å². The van der Waals surface area contributed by atoms with Gasteiger partial charge < -0.3 is 9.84 Å². The molecule has 3 aromatic rings. The maximum Gasteiger partial charge on any atom is 0.167 e. The number of halogens is 3. The summed E-state index contributed by atoms with van der Waals surface area (Å²) in [6, 6.07) is 15.9. The Labute approximate surface area is 185 Å². The van der Waals surface area contributed by atoms with Crippen molar-refractivity contribution in [2.24, 2.45) is 0 Å². The third-order valence-corrected chi connectivity index (χ3v) is 5.13. The summed E-state index contributed by atoms with van der Waals surface area (Å²) in [5.74, 6) is -2.12. The maximum absolute atomic E-state index is 14.8. The molecule has 0 bridgehead atoms. The number of hydrogen-bond acceptors (Lipinski definition) is 2. The Kier molecular flexibility index (Phi) is 7.21. The first-order valence-corrected chi connectivity index (χ1v) is 9.95. The van der Waals surface area contributed by atoms with Crippen molar-refractivity contribution in [2.75, 3.05) is 7.11 Å². The van der Waals surface area contributed by atoms with Crippen LogP contribution in [0.5, 0.6) is 5.75 Å². The summed E-state index contributed by atoms with van der Waals surface area (Å²) < 4.78 is 48.3. The van der Waals surface area contributed by atoms with E-state index in [9.17, 15) is 18.3 Å². The van der Waals surface area contributed by atoms with Gasteiger partial charge in [0.25, 0.3) is 0 Å². The normalized spacial score (nSPS) is 11.3. The summed E-state index contributed by atoms with van der Waals surface area (Å²) in [6.07, 6.45) is 2.12. The minimum Gasteiger partial charge on any atom is -0.508 e. The topological polar surface area (TPSA) is 29.5 Å². The van der Waals surface area contributed by atoms with Crippen LogP contribution in [-0.4, -0.2) is 12.2 Å². The smallest absolute Gasteiger partial charge is 0.167 e. The molecule has 0 spiro atoms. The van der Waals surface area contributed by atoms with E-state index in [4.69, 9.17) is 4.74 Å². The highest BCUT2D eigenvalue weighted by molar-refractivity contribution is 5.72. The van der Waals surface area contributed by atoms with E-state index < -0.39 is 17.5 Å². The monoisotopic (exact) mass is 436 g/mol. The Morgan fingerprint density at radius 3 is 1.88 bits per heavy atom. The highest BCUT2D eigenvalue weighted by Gasteiger charge is 2.16. The number of allylic oxidation sites excluding steroid dienone is 3. The van der Waals surface area contributed by atoms with E-state index in [0.29, 0.717) is 29.5 Å². The van der Waals surface area contributed by atoms with Crippen molar-refractivity contribution in [1.82, 2.24) is 0 Å². The molecule has 164 valence electrons. The van der Waals surface area contributed by atoms with E-state index in [1.54, 1.807) is 24.3 Å². The molecule has 0 aliphatic heterocycles. The third-order valence-electron chi connectivity index (χ3n) is 5.13. The molecule has 1 N–H and O–H groups in total. The molecule has 0 atom stereocenters. The minimum absolute atomic E-state index is 0.0501. The van der Waals surface area contributed by atoms with Gasteiger partial charge in [0, 0.05) is 17.2 Å². The first kappa shape index (κ1) is 22.9. The number of methoxy groups -OCH3 is 1. The molecule has 3 aromatic carbocycles. The molecule has 0 radical (unpaired) electrons. The number of phenolic OH excluding ortho intramolecular Hbond substituents is 1. The Morgan fingerprint density at radius 1 is 0.875 bits per heavy atom. The van der Waals surface area contributed by atoms with E-state index in [1.807, 2.05) is 0 Å². The second-order valence-electron chi connectivity index (χ2n) is 7.30. The zero-order valence-electron chi connectivity index (χ0n) is 17.7. The predicted molar refractivity (Wildman–Crippen MR) is 122 cm³/mol. The highest BCUT2D eigenvalue weighted by Crippen LogP contribution is 2.32. The van der Waals surface area contributed by atoms with Crippen molar-refractivity contribution in [3.05, 3.63) is 114 Å². The first-order valence-electron chi connectivity index (χ1n) is 9.95. The van der Waals surface area contributed by atoms with Crippen LogP contribution >= 0.6 is 0 Å². The summed E-state index contributed by atoms with van der Waals surface area (Å²) in [5.41, 5.74) is 2.50. The fourth-order valence-electron chi connectivity index (χ4n) is 3.20. The highest BCUT2D eigenvalue weighted by atomic mass is 19.2. The van der Waals surface area contributed by atoms with Gasteiger partial charge in [0.15, 0.2) is 11.6 Å². The van der Waals surface area contributed by atoms with Gasteiger partial charge >= 0.3 is 0 Å². The molecule has 0 unspecified atom stereocenters. The van der Waals surface area contributed by atoms with Gasteiger partial charge in [-0.1, -0.05) is 61.7 Å². The largest absolute Gasteiger partial charge is 0.508 e. The lowest BCUT2D eigenvalue weighted by molar-refractivity contribution is 0.307. The Hall–Kier alpha value is -3.73. The second kappa shape index (κ2) is 10.1. The van der Waals surface area contributed by atoms with E-state index in [1.165, 1.54) is 49.6 Å². The minimum atomic E-state index is -0.950. The molecule has 0 aromatic heterocycles. The number of ether oxygens (including phenoxy) is 1. The fourth-order valence-corrected chi connectivity index (χ4v) is 3.20. The van der Waals surface area contributed by atoms with Crippen LogP contribution in [0.15, 0.2) is 97.1 Å². The van der Waals surface area contributed by atoms with Crippen LogP contribution in [0.4, 0.5) is 13.2 Å². The van der Waals surface area contributed by atoms with E-state index in [0.717, 1.165) is 5.56 Å². The van der Waals surface area contributed by atoms with Gasteiger partial charge in [-0.05, 0) is 47.2 Å². The number of benzene rings is 3. The van der Waals surface area contributed by atoms with Crippen molar-refractivity contribution in [3.63, 3.8) is 0 Å². The van der Waals surface area contributed by atoms with Crippen molar-refractivity contribution in [1.29, 1.82) is 0 Å². The van der Waals surface area contributed by atoms with Crippen LogP contribution in [0.1, 0.15) is 12.0 Å². The molecule has 0 saturated carbocycles. The van der Waals surface area contributed by atoms with Crippen molar-refractivity contribution in [3.8, 4) is 28.0 Å². The number of rotatable bonds is 8. The van der Waals surface area contributed by atoms with Crippen LogP contribution in [0.25, 0.3) is 22.3 Å². The quantitative estimate of drug-likeness (QED) is 0.292. The van der Waals surface area contributed by atoms with Gasteiger partial charge in [0.05, 0.1) is 7.11 Å². The van der Waals surface area contributed by atoms with Gasteiger partial charge in [-0.25, -0.2) is 13.2 Å². The van der Waals surface area contributed by atoms with Crippen LogP contribution in [0, 0.1) is 11.6 Å². The summed E-state index contributed by atoms with van der Waals surface area (Å²) in [7, 11) is 1.41. The van der Waals surface area contributed by atoms with E-state index in [2.05, 4.69) is 13.2 Å². The third kappa shape index (κ3) is 5.30. The molecular weight excluding hydrogens is 413 g/mol. The molecule has 0 aliphatic carbocycles. The lowest BCUT2D eigenvalue weighted by Crippen LogP contribution is -1.95. The molecule has 32 heavy (non-hydrogen) atoms. The lowest BCUT2D eigenvalue weighted by atomic mass is 9.97. The fraction of sp³-hybridized carbons (Fsp3) is 0.111. The molecule has 0 fully saturated rings. The van der Waals surface area contributed by atoms with Gasteiger partial charge in [0.2, 0.25) is 0 Å². The average molecular weight is 436 g/mol. The summed E-state index contributed by atoms with van der Waals surface area (Å²) in [5, 5.41) is 9.38. The molecular formula is C27H23F3O2. The van der Waals surface area contributed by atoms with Crippen LogP contribution in [0.2, 0.25) is 0 Å². The molecule has 2 nitrogen and oxygen atoms in total. The Balaban J connectivity index is 1.74. The van der Waals surface area contributed by atoms with Crippen LogP contribution in [0.3, 0.4) is 0 Å². The average Bonchev–Trinajstić information content (AvgIpc) is 2.80. The second-order valence-corrected chi connectivity index (χ2v) is 7.30. The van der Waals surface area contributed by atoms with Crippen molar-refractivity contribution < 1.29 is 23.0 Å². The SMILES string of the molecule is C=C(/C=C(/F)C(=C)CCc1ccc(-c2ccc(-c3ccc(O)cc3)c(F)c2F)cc1)OC. The zero-order chi connectivity index (χ0) is 23.3. The molecule has 0 heterocycles. The maximum atomic E-state index is 14.8. The Bertz CT molecular complexity index is 1160. The van der Waals surface area contributed by atoms with E-state index in [-0.39, 0.29) is 22.6 Å². The number of phenols is 1. The van der Waals surface area contributed by atoms with Gasteiger partial charge in [0.1, 0.15) is 17.3 Å². The Morgan fingerprint density at radius 2 is 1.38 bits per heavy atom. The summed E-state index contributed by atoms with van der Waals surface area (Å²) >= 11 is 0. The standard InChI is InChI=1S/C27H23F3O2/c1-17(25(28)16-18(2)32-3)4-5-19-6-8-20(9-7-19)23-14-15-24(27(30)26(23)29)21-10-12-22(31)13-11-21/h6-16,31H,1-2,4-5H2,3H3/b25-16+. The molecule has 0 amide bonds. The van der Waals surface area contributed by atoms with Crippen molar-refractivity contribution in [2.45, 2.75) is 12.8 Å². The number of aromatic hydroxyl groups is 1.